The van der Waals surface area contributed by atoms with Gasteiger partial charge in [-0.15, -0.1) is 0 Å². The molecule has 120 valence electrons. The fraction of sp³-hybridized carbons (Fsp3) is 0.722. The Balaban J connectivity index is 2.23. The molecule has 0 aliphatic heterocycles. The Bertz CT molecular complexity index is 363. The molecular formula is C18H33N2O+. The van der Waals surface area contributed by atoms with Crippen molar-refractivity contribution < 1.29 is 9.95 Å². The summed E-state index contributed by atoms with van der Waals surface area (Å²) in [6, 6.07) is 0.554. The van der Waals surface area contributed by atoms with Crippen molar-refractivity contribution in [2.75, 3.05) is 6.54 Å². The molecule has 1 fully saturated rings. The second-order valence-electron chi connectivity index (χ2n) is 6.77. The van der Waals surface area contributed by atoms with Crippen molar-refractivity contribution in [3.63, 3.8) is 0 Å². The van der Waals surface area contributed by atoms with Crippen molar-refractivity contribution in [3.05, 3.63) is 24.4 Å². The van der Waals surface area contributed by atoms with Gasteiger partial charge in [0.1, 0.15) is 0 Å². The third-order valence-electron chi connectivity index (χ3n) is 4.22. The lowest BCUT2D eigenvalue weighted by Crippen LogP contribution is -2.31. The first-order chi connectivity index (χ1) is 10.0. The van der Waals surface area contributed by atoms with Crippen LogP contribution in [0.5, 0.6) is 0 Å². The minimum Gasteiger partial charge on any atom is -0.311 e. The van der Waals surface area contributed by atoms with E-state index in [1.807, 2.05) is 19.1 Å². The Morgan fingerprint density at radius 2 is 1.90 bits per heavy atom. The monoisotopic (exact) mass is 293 g/mol. The topological polar surface area (TPSA) is 35.3 Å². The number of nitrogens with zero attached hydrogens (tertiary/aromatic N) is 1. The van der Waals surface area contributed by atoms with Gasteiger partial charge >= 0.3 is 0 Å². The molecule has 0 amide bonds. The van der Waals surface area contributed by atoms with E-state index in [9.17, 15) is 5.21 Å². The normalized spacial score (nSPS) is 29.3. The van der Waals surface area contributed by atoms with E-state index in [0.29, 0.717) is 6.04 Å². The van der Waals surface area contributed by atoms with E-state index < -0.39 is 0 Å². The van der Waals surface area contributed by atoms with Gasteiger partial charge < -0.3 is 5.32 Å². The Hall–Kier alpha value is -1.09. The predicted octanol–water partition coefficient (Wildman–Crippen LogP) is 3.99. The van der Waals surface area contributed by atoms with Gasteiger partial charge in [0.05, 0.1) is 0 Å². The fourth-order valence-corrected chi connectivity index (χ4v) is 3.58. The van der Waals surface area contributed by atoms with Crippen LogP contribution in [0.2, 0.25) is 0 Å². The van der Waals surface area contributed by atoms with Crippen LogP contribution in [0.1, 0.15) is 53.4 Å². The predicted molar refractivity (Wildman–Crippen MR) is 89.8 cm³/mol. The molecule has 2 N–H and O–H groups in total. The maximum atomic E-state index is 9.34. The van der Waals surface area contributed by atoms with E-state index in [2.05, 4.69) is 26.1 Å². The van der Waals surface area contributed by atoms with Crippen LogP contribution < -0.4 is 5.32 Å². The zero-order chi connectivity index (χ0) is 15.7. The van der Waals surface area contributed by atoms with E-state index in [0.717, 1.165) is 29.0 Å². The van der Waals surface area contributed by atoms with Crippen LogP contribution in [0.15, 0.2) is 24.4 Å². The van der Waals surface area contributed by atoms with Gasteiger partial charge in [0, 0.05) is 23.4 Å². The molecule has 3 atom stereocenters. The van der Waals surface area contributed by atoms with Crippen molar-refractivity contribution >= 4 is 6.21 Å². The number of allylic oxidation sites excluding steroid dienone is 2. The number of hydrogen-bond donors (Lipinski definition) is 2. The average molecular weight is 293 g/mol. The quantitative estimate of drug-likeness (QED) is 0.322. The van der Waals surface area contributed by atoms with Crippen molar-refractivity contribution in [2.24, 2.45) is 17.8 Å². The average Bonchev–Trinajstić information content (AvgIpc) is 2.37. The van der Waals surface area contributed by atoms with E-state index >= 15 is 0 Å². The summed E-state index contributed by atoms with van der Waals surface area (Å²) in [6.07, 6.45) is 14.4. The summed E-state index contributed by atoms with van der Waals surface area (Å²) in [4.78, 5) is 0. The maximum absolute atomic E-state index is 9.34. The molecule has 0 spiro atoms. The second kappa shape index (κ2) is 9.78. The van der Waals surface area contributed by atoms with Crippen LogP contribution in [0, 0.1) is 17.8 Å². The molecule has 0 bridgehead atoms. The number of hydroxylamine groups is 1. The Labute approximate surface area is 130 Å². The van der Waals surface area contributed by atoms with Gasteiger partial charge in [0.2, 0.25) is 12.4 Å². The van der Waals surface area contributed by atoms with Gasteiger partial charge in [0.25, 0.3) is 0 Å². The Kier molecular flexibility index (Phi) is 8.36. The smallest absolute Gasteiger partial charge is 0.221 e. The summed E-state index contributed by atoms with van der Waals surface area (Å²) in [5, 5.41) is 12.9. The third-order valence-corrected chi connectivity index (χ3v) is 4.22. The summed E-state index contributed by atoms with van der Waals surface area (Å²) in [7, 11) is 0. The zero-order valence-corrected chi connectivity index (χ0v) is 14.1. The minimum absolute atomic E-state index is 0.554. The molecular weight excluding hydrogens is 260 g/mol. The summed E-state index contributed by atoms with van der Waals surface area (Å²) in [5.74, 6) is 2.66. The summed E-state index contributed by atoms with van der Waals surface area (Å²) in [6.45, 7) is 9.78. The van der Waals surface area contributed by atoms with Gasteiger partial charge in [0.15, 0.2) is 0 Å². The van der Waals surface area contributed by atoms with Crippen LogP contribution in [0.4, 0.5) is 0 Å². The molecule has 1 saturated carbocycles. The largest absolute Gasteiger partial charge is 0.311 e. The summed E-state index contributed by atoms with van der Waals surface area (Å²) < 4.78 is 1.06. The highest BCUT2D eigenvalue weighted by Crippen LogP contribution is 2.35. The minimum atomic E-state index is 0.554. The van der Waals surface area contributed by atoms with Crippen molar-refractivity contribution in [2.45, 2.75) is 59.4 Å². The highest BCUT2D eigenvalue weighted by atomic mass is 16.5. The molecule has 21 heavy (non-hydrogen) atoms. The van der Waals surface area contributed by atoms with Crippen molar-refractivity contribution in [1.82, 2.24) is 5.32 Å². The van der Waals surface area contributed by atoms with Crippen LogP contribution in [-0.4, -0.2) is 28.7 Å². The number of nitrogens with one attached hydrogen (secondary N) is 1. The zero-order valence-electron chi connectivity index (χ0n) is 14.1. The SMILES string of the molecule is CC=C[N+](O)=CC=CCNC(C)CC1CC(C)CC(C)C1. The summed E-state index contributed by atoms with van der Waals surface area (Å²) in [5.41, 5.74) is 0. The molecule has 1 aliphatic carbocycles. The maximum Gasteiger partial charge on any atom is 0.221 e. The lowest BCUT2D eigenvalue weighted by atomic mass is 9.74. The Morgan fingerprint density at radius 1 is 1.24 bits per heavy atom. The molecule has 0 saturated heterocycles. The van der Waals surface area contributed by atoms with Gasteiger partial charge in [-0.2, -0.15) is 0 Å². The van der Waals surface area contributed by atoms with Gasteiger partial charge in [-0.3, -0.25) is 5.21 Å². The van der Waals surface area contributed by atoms with E-state index in [-0.39, 0.29) is 0 Å². The van der Waals surface area contributed by atoms with E-state index in [4.69, 9.17) is 0 Å². The fourth-order valence-electron chi connectivity index (χ4n) is 3.58. The summed E-state index contributed by atoms with van der Waals surface area (Å²) >= 11 is 0. The van der Waals surface area contributed by atoms with E-state index in [1.54, 1.807) is 18.5 Å². The second-order valence-corrected chi connectivity index (χ2v) is 6.77. The van der Waals surface area contributed by atoms with Crippen LogP contribution in [0.25, 0.3) is 0 Å². The molecule has 0 aromatic heterocycles. The van der Waals surface area contributed by atoms with Crippen molar-refractivity contribution in [1.29, 1.82) is 0 Å². The van der Waals surface area contributed by atoms with E-state index in [1.165, 1.54) is 25.7 Å². The molecule has 1 aliphatic rings. The molecule has 0 aromatic rings. The molecule has 0 aromatic carbocycles. The van der Waals surface area contributed by atoms with Gasteiger partial charge in [-0.25, -0.2) is 0 Å². The highest BCUT2D eigenvalue weighted by Gasteiger charge is 2.24. The molecule has 1 rings (SSSR count). The lowest BCUT2D eigenvalue weighted by Gasteiger charge is -2.33. The van der Waals surface area contributed by atoms with Gasteiger partial charge in [-0.05, 0) is 63.4 Å². The molecule has 3 heteroatoms. The third kappa shape index (κ3) is 8.05. The van der Waals surface area contributed by atoms with Crippen LogP contribution in [0.3, 0.4) is 0 Å². The first kappa shape index (κ1) is 18.0. The number of rotatable bonds is 7. The molecule has 0 heterocycles. The first-order valence-electron chi connectivity index (χ1n) is 8.34. The van der Waals surface area contributed by atoms with Crippen LogP contribution in [-0.2, 0) is 0 Å². The van der Waals surface area contributed by atoms with Crippen molar-refractivity contribution in [3.8, 4) is 0 Å². The lowest BCUT2D eigenvalue weighted by molar-refractivity contribution is -0.721. The van der Waals surface area contributed by atoms with Crippen LogP contribution >= 0.6 is 0 Å². The standard InChI is InChI=1S/C18H33N2O/c1-5-9-20(21)10-7-6-8-19-17(4)14-18-12-15(2)11-16(3)13-18/h5-7,9-10,15-19,21H,8,11-14H2,1-4H3/q+1. The van der Waals surface area contributed by atoms with Gasteiger partial charge in [-0.1, -0.05) is 19.9 Å². The highest BCUT2D eigenvalue weighted by molar-refractivity contribution is 5.65. The molecule has 0 radical (unpaired) electrons. The number of hydrogen-bond acceptors (Lipinski definition) is 2. The first-order valence-corrected chi connectivity index (χ1v) is 8.34. The Morgan fingerprint density at radius 3 is 2.52 bits per heavy atom. The molecule has 3 unspecified atom stereocenters. The molecule has 3 nitrogen and oxygen atoms in total.